The van der Waals surface area contributed by atoms with Gasteiger partial charge in [0.1, 0.15) is 5.82 Å². The standard InChI is InChI=1S/C18H24FN3O2/c1-2-21-13-18(7-6-16(21)23)8-10-22(11-9-18)17(24)20-15-5-3-4-14(19)12-15/h3-5,12H,2,6-11,13H2,1H3,(H,20,24). The molecule has 0 radical (unpaired) electrons. The Morgan fingerprint density at radius 3 is 2.71 bits per heavy atom. The molecule has 0 bridgehead atoms. The van der Waals surface area contributed by atoms with Crippen LogP contribution in [0.5, 0.6) is 0 Å². The molecule has 1 N–H and O–H groups in total. The predicted molar refractivity (Wildman–Crippen MR) is 90.1 cm³/mol. The summed E-state index contributed by atoms with van der Waals surface area (Å²) in [6.07, 6.45) is 3.35. The van der Waals surface area contributed by atoms with Crippen LogP contribution in [0.15, 0.2) is 24.3 Å². The molecular weight excluding hydrogens is 309 g/mol. The zero-order valence-electron chi connectivity index (χ0n) is 14.1. The molecule has 1 spiro atoms. The van der Waals surface area contributed by atoms with Gasteiger partial charge >= 0.3 is 6.03 Å². The molecule has 0 unspecified atom stereocenters. The number of halogens is 1. The number of carbonyl (C=O) groups is 2. The van der Waals surface area contributed by atoms with Crippen LogP contribution in [0.25, 0.3) is 0 Å². The van der Waals surface area contributed by atoms with E-state index < -0.39 is 0 Å². The van der Waals surface area contributed by atoms with E-state index in [1.807, 2.05) is 11.8 Å². The summed E-state index contributed by atoms with van der Waals surface area (Å²) in [5.41, 5.74) is 0.625. The van der Waals surface area contributed by atoms with Gasteiger partial charge in [-0.3, -0.25) is 4.79 Å². The van der Waals surface area contributed by atoms with E-state index in [1.54, 1.807) is 17.0 Å². The van der Waals surface area contributed by atoms with Crippen LogP contribution >= 0.6 is 0 Å². The van der Waals surface area contributed by atoms with Crippen molar-refractivity contribution in [3.63, 3.8) is 0 Å². The number of nitrogens with zero attached hydrogens (tertiary/aromatic N) is 2. The first-order valence-electron chi connectivity index (χ1n) is 8.61. The maximum Gasteiger partial charge on any atom is 0.321 e. The van der Waals surface area contributed by atoms with Crippen molar-refractivity contribution in [2.75, 3.05) is 31.5 Å². The molecule has 2 aliphatic rings. The van der Waals surface area contributed by atoms with E-state index in [9.17, 15) is 14.0 Å². The van der Waals surface area contributed by atoms with Crippen molar-refractivity contribution in [1.82, 2.24) is 9.80 Å². The highest BCUT2D eigenvalue weighted by molar-refractivity contribution is 5.89. The maximum atomic E-state index is 13.2. The van der Waals surface area contributed by atoms with Crippen molar-refractivity contribution in [2.45, 2.75) is 32.6 Å². The van der Waals surface area contributed by atoms with Gasteiger partial charge in [-0.05, 0) is 49.8 Å². The number of benzene rings is 1. The first kappa shape index (κ1) is 16.7. The summed E-state index contributed by atoms with van der Waals surface area (Å²) >= 11 is 0. The van der Waals surface area contributed by atoms with Gasteiger partial charge in [0, 0.05) is 38.3 Å². The summed E-state index contributed by atoms with van der Waals surface area (Å²) in [6, 6.07) is 5.74. The second kappa shape index (κ2) is 6.79. The van der Waals surface area contributed by atoms with Gasteiger partial charge in [-0.1, -0.05) is 6.07 Å². The van der Waals surface area contributed by atoms with Crippen molar-refractivity contribution >= 4 is 17.6 Å². The number of piperidine rings is 2. The van der Waals surface area contributed by atoms with Gasteiger partial charge in [0.2, 0.25) is 5.91 Å². The third-order valence-electron chi connectivity index (χ3n) is 5.32. The second-order valence-electron chi connectivity index (χ2n) is 6.84. The van der Waals surface area contributed by atoms with Crippen LogP contribution in [-0.4, -0.2) is 47.9 Å². The molecular formula is C18H24FN3O2. The molecule has 0 atom stereocenters. The zero-order valence-corrected chi connectivity index (χ0v) is 14.1. The predicted octanol–water partition coefficient (Wildman–Crippen LogP) is 3.08. The Balaban J connectivity index is 1.56. The van der Waals surface area contributed by atoms with Crippen LogP contribution in [0.3, 0.4) is 0 Å². The first-order valence-corrected chi connectivity index (χ1v) is 8.61. The van der Waals surface area contributed by atoms with Gasteiger partial charge in [0.15, 0.2) is 0 Å². The number of urea groups is 1. The normalized spacial score (nSPS) is 20.3. The lowest BCUT2D eigenvalue weighted by Gasteiger charge is -2.47. The minimum absolute atomic E-state index is 0.152. The number of rotatable bonds is 2. The van der Waals surface area contributed by atoms with E-state index >= 15 is 0 Å². The fourth-order valence-electron chi connectivity index (χ4n) is 3.75. The molecule has 1 aromatic carbocycles. The third kappa shape index (κ3) is 3.52. The molecule has 6 heteroatoms. The van der Waals surface area contributed by atoms with Crippen LogP contribution in [0.4, 0.5) is 14.9 Å². The van der Waals surface area contributed by atoms with Crippen molar-refractivity contribution in [1.29, 1.82) is 0 Å². The summed E-state index contributed by atoms with van der Waals surface area (Å²) in [7, 11) is 0. The van der Waals surface area contributed by atoms with E-state index in [4.69, 9.17) is 0 Å². The molecule has 0 aliphatic carbocycles. The molecule has 2 aliphatic heterocycles. The van der Waals surface area contributed by atoms with Crippen LogP contribution in [0, 0.1) is 11.2 Å². The fourth-order valence-corrected chi connectivity index (χ4v) is 3.75. The Kier molecular flexibility index (Phi) is 4.73. The molecule has 0 saturated carbocycles. The van der Waals surface area contributed by atoms with Gasteiger partial charge < -0.3 is 15.1 Å². The molecule has 2 fully saturated rings. The van der Waals surface area contributed by atoms with Crippen molar-refractivity contribution in [3.8, 4) is 0 Å². The maximum absolute atomic E-state index is 13.2. The van der Waals surface area contributed by atoms with E-state index in [2.05, 4.69) is 5.32 Å². The quantitative estimate of drug-likeness (QED) is 0.904. The topological polar surface area (TPSA) is 52.7 Å². The molecule has 1 aromatic rings. The lowest BCUT2D eigenvalue weighted by molar-refractivity contribution is -0.138. The Bertz CT molecular complexity index is 626. The minimum atomic E-state index is -0.364. The molecule has 130 valence electrons. The molecule has 3 rings (SSSR count). The molecule has 2 heterocycles. The van der Waals surface area contributed by atoms with Crippen LogP contribution in [0.2, 0.25) is 0 Å². The summed E-state index contributed by atoms with van der Waals surface area (Å²) in [6.45, 7) is 4.92. The van der Waals surface area contributed by atoms with Crippen molar-refractivity contribution < 1.29 is 14.0 Å². The van der Waals surface area contributed by atoms with E-state index in [1.165, 1.54) is 12.1 Å². The SMILES string of the molecule is CCN1CC2(CCC1=O)CCN(C(=O)Nc1cccc(F)c1)CC2. The third-order valence-corrected chi connectivity index (χ3v) is 5.32. The summed E-state index contributed by atoms with van der Waals surface area (Å²) in [5.74, 6) is -0.119. The number of amides is 3. The highest BCUT2D eigenvalue weighted by atomic mass is 19.1. The zero-order chi connectivity index (χ0) is 17.2. The highest BCUT2D eigenvalue weighted by Gasteiger charge is 2.41. The van der Waals surface area contributed by atoms with Gasteiger partial charge in [-0.15, -0.1) is 0 Å². The smallest absolute Gasteiger partial charge is 0.321 e. The number of carbonyl (C=O) groups excluding carboxylic acids is 2. The number of anilines is 1. The van der Waals surface area contributed by atoms with Gasteiger partial charge in [-0.25, -0.2) is 9.18 Å². The molecule has 0 aromatic heterocycles. The average molecular weight is 333 g/mol. The van der Waals surface area contributed by atoms with E-state index in [0.717, 1.165) is 32.4 Å². The van der Waals surface area contributed by atoms with Crippen molar-refractivity contribution in [3.05, 3.63) is 30.1 Å². The average Bonchev–Trinajstić information content (AvgIpc) is 2.58. The fraction of sp³-hybridized carbons (Fsp3) is 0.556. The number of likely N-dealkylation sites (tertiary alicyclic amines) is 2. The monoisotopic (exact) mass is 333 g/mol. The molecule has 2 saturated heterocycles. The largest absolute Gasteiger partial charge is 0.342 e. The number of hydrogen-bond acceptors (Lipinski definition) is 2. The first-order chi connectivity index (χ1) is 11.5. The lowest BCUT2D eigenvalue weighted by Crippen LogP contribution is -2.52. The Morgan fingerprint density at radius 1 is 1.29 bits per heavy atom. The van der Waals surface area contributed by atoms with Gasteiger partial charge in [-0.2, -0.15) is 0 Å². The van der Waals surface area contributed by atoms with E-state index in [0.29, 0.717) is 25.2 Å². The van der Waals surface area contributed by atoms with Crippen LogP contribution in [0.1, 0.15) is 32.6 Å². The molecule has 3 amide bonds. The highest BCUT2D eigenvalue weighted by Crippen LogP contribution is 2.40. The van der Waals surface area contributed by atoms with E-state index in [-0.39, 0.29) is 23.2 Å². The molecule has 5 nitrogen and oxygen atoms in total. The van der Waals surface area contributed by atoms with Crippen molar-refractivity contribution in [2.24, 2.45) is 5.41 Å². The number of hydrogen-bond donors (Lipinski definition) is 1. The lowest BCUT2D eigenvalue weighted by atomic mass is 9.72. The Labute approximate surface area is 141 Å². The Morgan fingerprint density at radius 2 is 2.04 bits per heavy atom. The Hall–Kier alpha value is -2.11. The molecule has 24 heavy (non-hydrogen) atoms. The van der Waals surface area contributed by atoms with Gasteiger partial charge in [0.25, 0.3) is 0 Å². The second-order valence-corrected chi connectivity index (χ2v) is 6.84. The summed E-state index contributed by atoms with van der Waals surface area (Å²) < 4.78 is 13.2. The minimum Gasteiger partial charge on any atom is -0.342 e. The van der Waals surface area contributed by atoms with Crippen LogP contribution in [-0.2, 0) is 4.79 Å². The van der Waals surface area contributed by atoms with Gasteiger partial charge in [0.05, 0.1) is 0 Å². The summed E-state index contributed by atoms with van der Waals surface area (Å²) in [5, 5.41) is 2.75. The summed E-state index contributed by atoms with van der Waals surface area (Å²) in [4.78, 5) is 27.9. The van der Waals surface area contributed by atoms with Crippen LogP contribution < -0.4 is 5.32 Å². The number of nitrogens with one attached hydrogen (secondary N) is 1.